The Hall–Kier alpha value is -1.60. The van der Waals surface area contributed by atoms with Gasteiger partial charge in [0.05, 0.1) is 5.60 Å². The van der Waals surface area contributed by atoms with Crippen LogP contribution in [0, 0.1) is 11.8 Å². The topological polar surface area (TPSA) is 20.2 Å². The Morgan fingerprint density at radius 3 is 1.90 bits per heavy atom. The molecule has 1 nitrogen and oxygen atoms in total. The maximum atomic E-state index is 11.5. The molecule has 0 spiro atoms. The van der Waals surface area contributed by atoms with Crippen LogP contribution in [0.4, 0.5) is 0 Å². The van der Waals surface area contributed by atoms with Crippen molar-refractivity contribution in [3.05, 3.63) is 71.8 Å². The Kier molecular flexibility index (Phi) is 5.19. The van der Waals surface area contributed by atoms with Gasteiger partial charge in [-0.2, -0.15) is 0 Å². The normalized spacial score (nSPS) is 15.7. The molecule has 2 aromatic rings. The van der Waals surface area contributed by atoms with Crippen LogP contribution in [-0.4, -0.2) is 5.11 Å². The standard InChI is InChI=1S/C20H26O/c1-16(2)14-17(3)20(21,19-12-8-5-9-13-19)15-18-10-6-4-7-11-18/h4-13,16-17,21H,14-15H2,1-3H3/t17-,20+/m1/s1. The van der Waals surface area contributed by atoms with Crippen molar-refractivity contribution in [1.82, 2.24) is 0 Å². The van der Waals surface area contributed by atoms with Crippen LogP contribution in [0.1, 0.15) is 38.3 Å². The summed E-state index contributed by atoms with van der Waals surface area (Å²) in [6, 6.07) is 20.4. The fourth-order valence-electron chi connectivity index (χ4n) is 3.10. The third-order valence-electron chi connectivity index (χ3n) is 4.23. The first kappa shape index (κ1) is 15.8. The lowest BCUT2D eigenvalue weighted by Crippen LogP contribution is -2.36. The quantitative estimate of drug-likeness (QED) is 0.807. The van der Waals surface area contributed by atoms with Crippen molar-refractivity contribution in [3.8, 4) is 0 Å². The molecule has 0 aliphatic carbocycles. The summed E-state index contributed by atoms with van der Waals surface area (Å²) in [6.07, 6.45) is 1.67. The zero-order valence-electron chi connectivity index (χ0n) is 13.3. The Morgan fingerprint density at radius 2 is 1.38 bits per heavy atom. The largest absolute Gasteiger partial charge is 0.385 e. The number of rotatable bonds is 6. The highest BCUT2D eigenvalue weighted by atomic mass is 16.3. The molecule has 0 heterocycles. The van der Waals surface area contributed by atoms with Crippen LogP contribution >= 0.6 is 0 Å². The number of hydrogen-bond acceptors (Lipinski definition) is 1. The molecular weight excluding hydrogens is 256 g/mol. The monoisotopic (exact) mass is 282 g/mol. The lowest BCUT2D eigenvalue weighted by Gasteiger charge is -2.36. The van der Waals surface area contributed by atoms with Gasteiger partial charge >= 0.3 is 0 Å². The van der Waals surface area contributed by atoms with Gasteiger partial charge in [-0.15, -0.1) is 0 Å². The highest BCUT2D eigenvalue weighted by Gasteiger charge is 2.35. The van der Waals surface area contributed by atoms with Gasteiger partial charge in [-0.05, 0) is 29.4 Å². The molecule has 0 unspecified atom stereocenters. The van der Waals surface area contributed by atoms with Crippen LogP contribution in [0.5, 0.6) is 0 Å². The predicted molar refractivity (Wildman–Crippen MR) is 89.1 cm³/mol. The first-order valence-corrected chi connectivity index (χ1v) is 7.84. The van der Waals surface area contributed by atoms with Crippen molar-refractivity contribution in [3.63, 3.8) is 0 Å². The van der Waals surface area contributed by atoms with E-state index in [-0.39, 0.29) is 5.92 Å². The minimum atomic E-state index is -0.813. The van der Waals surface area contributed by atoms with Gasteiger partial charge in [0.2, 0.25) is 0 Å². The average molecular weight is 282 g/mol. The van der Waals surface area contributed by atoms with E-state index < -0.39 is 5.60 Å². The molecular formula is C20H26O. The van der Waals surface area contributed by atoms with E-state index in [2.05, 4.69) is 32.9 Å². The number of aliphatic hydroxyl groups is 1. The first-order chi connectivity index (χ1) is 10.0. The van der Waals surface area contributed by atoms with Crippen molar-refractivity contribution in [2.24, 2.45) is 11.8 Å². The van der Waals surface area contributed by atoms with E-state index in [9.17, 15) is 5.11 Å². The van der Waals surface area contributed by atoms with Crippen LogP contribution in [-0.2, 0) is 12.0 Å². The molecule has 0 amide bonds. The Balaban J connectivity index is 2.34. The molecule has 2 rings (SSSR count). The minimum Gasteiger partial charge on any atom is -0.385 e. The zero-order chi connectivity index (χ0) is 15.3. The summed E-state index contributed by atoms with van der Waals surface area (Å²) in [7, 11) is 0. The highest BCUT2D eigenvalue weighted by Crippen LogP contribution is 2.36. The average Bonchev–Trinajstić information content (AvgIpc) is 2.48. The van der Waals surface area contributed by atoms with Crippen LogP contribution in [0.15, 0.2) is 60.7 Å². The summed E-state index contributed by atoms with van der Waals surface area (Å²) in [5.74, 6) is 0.783. The van der Waals surface area contributed by atoms with Gasteiger partial charge < -0.3 is 5.11 Å². The number of hydrogen-bond donors (Lipinski definition) is 1. The smallest absolute Gasteiger partial charge is 0.0962 e. The predicted octanol–water partition coefficient (Wildman–Crippen LogP) is 4.80. The fraction of sp³-hybridized carbons (Fsp3) is 0.400. The van der Waals surface area contributed by atoms with E-state index in [4.69, 9.17) is 0 Å². The van der Waals surface area contributed by atoms with Crippen molar-refractivity contribution < 1.29 is 5.11 Å². The molecule has 1 heteroatoms. The van der Waals surface area contributed by atoms with Crippen molar-refractivity contribution in [1.29, 1.82) is 0 Å². The van der Waals surface area contributed by atoms with Gasteiger partial charge in [-0.25, -0.2) is 0 Å². The lowest BCUT2D eigenvalue weighted by atomic mass is 9.75. The molecule has 0 saturated heterocycles. The van der Waals surface area contributed by atoms with E-state index in [0.717, 1.165) is 12.0 Å². The molecule has 2 atom stereocenters. The molecule has 1 N–H and O–H groups in total. The van der Waals surface area contributed by atoms with Crippen molar-refractivity contribution >= 4 is 0 Å². The van der Waals surface area contributed by atoms with Gasteiger partial charge in [-0.1, -0.05) is 81.4 Å². The molecule has 0 fully saturated rings. The van der Waals surface area contributed by atoms with E-state index in [1.54, 1.807) is 0 Å². The SMILES string of the molecule is CC(C)C[C@@H](C)[C@@](O)(Cc1ccccc1)c1ccccc1. The third kappa shape index (κ3) is 3.95. The maximum absolute atomic E-state index is 11.5. The molecule has 112 valence electrons. The third-order valence-corrected chi connectivity index (χ3v) is 4.23. The molecule has 0 aliphatic heterocycles. The summed E-state index contributed by atoms with van der Waals surface area (Å²) >= 11 is 0. The van der Waals surface area contributed by atoms with Crippen LogP contribution in [0.2, 0.25) is 0 Å². The summed E-state index contributed by atoms with van der Waals surface area (Å²) in [5.41, 5.74) is 1.38. The van der Waals surface area contributed by atoms with Gasteiger partial charge in [0.15, 0.2) is 0 Å². The first-order valence-electron chi connectivity index (χ1n) is 7.84. The maximum Gasteiger partial charge on any atom is 0.0962 e. The van der Waals surface area contributed by atoms with Crippen LogP contribution in [0.3, 0.4) is 0 Å². The summed E-state index contributed by atoms with van der Waals surface area (Å²) < 4.78 is 0. The Morgan fingerprint density at radius 1 is 0.857 bits per heavy atom. The summed E-state index contributed by atoms with van der Waals surface area (Å²) in [6.45, 7) is 6.59. The van der Waals surface area contributed by atoms with Gasteiger partial charge in [-0.3, -0.25) is 0 Å². The molecule has 21 heavy (non-hydrogen) atoms. The highest BCUT2D eigenvalue weighted by molar-refractivity contribution is 5.27. The minimum absolute atomic E-state index is 0.208. The number of benzene rings is 2. The van der Waals surface area contributed by atoms with E-state index in [1.807, 2.05) is 48.5 Å². The van der Waals surface area contributed by atoms with Gasteiger partial charge in [0.25, 0.3) is 0 Å². The van der Waals surface area contributed by atoms with Gasteiger partial charge in [0.1, 0.15) is 0 Å². The van der Waals surface area contributed by atoms with Crippen molar-refractivity contribution in [2.75, 3.05) is 0 Å². The lowest BCUT2D eigenvalue weighted by molar-refractivity contribution is -0.0247. The Bertz CT molecular complexity index is 532. The van der Waals surface area contributed by atoms with E-state index in [1.165, 1.54) is 5.56 Å². The molecule has 0 radical (unpaired) electrons. The summed E-state index contributed by atoms with van der Waals surface area (Å²) in [5, 5.41) is 11.5. The second-order valence-corrected chi connectivity index (χ2v) is 6.48. The molecule has 0 aromatic heterocycles. The molecule has 0 aliphatic rings. The van der Waals surface area contributed by atoms with Gasteiger partial charge in [0, 0.05) is 6.42 Å². The van der Waals surface area contributed by atoms with Crippen molar-refractivity contribution in [2.45, 2.75) is 39.2 Å². The zero-order valence-corrected chi connectivity index (χ0v) is 13.3. The molecule has 2 aromatic carbocycles. The second kappa shape index (κ2) is 6.91. The Labute approximate surface area is 128 Å². The summed E-state index contributed by atoms with van der Waals surface area (Å²) in [4.78, 5) is 0. The van der Waals surface area contributed by atoms with Crippen LogP contribution < -0.4 is 0 Å². The fourth-order valence-corrected chi connectivity index (χ4v) is 3.10. The molecule has 0 saturated carbocycles. The van der Waals surface area contributed by atoms with E-state index >= 15 is 0 Å². The van der Waals surface area contributed by atoms with E-state index in [0.29, 0.717) is 12.3 Å². The molecule has 0 bridgehead atoms. The van der Waals surface area contributed by atoms with Crippen LogP contribution in [0.25, 0.3) is 0 Å². The second-order valence-electron chi connectivity index (χ2n) is 6.48.